The maximum atomic E-state index is 11.0. The third-order valence-corrected chi connectivity index (χ3v) is 2.85. The molecule has 0 radical (unpaired) electrons. The molecule has 0 unspecified atom stereocenters. The maximum absolute atomic E-state index is 11.0. The van der Waals surface area contributed by atoms with Crippen molar-refractivity contribution < 1.29 is 9.66 Å². The van der Waals surface area contributed by atoms with E-state index in [4.69, 9.17) is 11.2 Å². The molecular weight excluding hydrogens is 268 g/mol. The van der Waals surface area contributed by atoms with Crippen LogP contribution in [0, 0.1) is 22.5 Å². The summed E-state index contributed by atoms with van der Waals surface area (Å²) in [4.78, 5) is 10.5. The minimum Gasteiger partial charge on any atom is -0.481 e. The van der Waals surface area contributed by atoms with Crippen molar-refractivity contribution in [1.82, 2.24) is 0 Å². The Morgan fingerprint density at radius 3 is 2.67 bits per heavy atom. The Hall–Kier alpha value is -3.00. The van der Waals surface area contributed by atoms with Crippen molar-refractivity contribution in [3.8, 4) is 18.1 Å². The fourth-order valence-corrected chi connectivity index (χ4v) is 1.88. The van der Waals surface area contributed by atoms with E-state index >= 15 is 0 Å². The van der Waals surface area contributed by atoms with Crippen LogP contribution in [0.3, 0.4) is 0 Å². The summed E-state index contributed by atoms with van der Waals surface area (Å²) in [6.45, 7) is 0.591. The molecule has 1 N–H and O–H groups in total. The van der Waals surface area contributed by atoms with Crippen molar-refractivity contribution in [3.05, 3.63) is 64.2 Å². The van der Waals surface area contributed by atoms with E-state index in [2.05, 4.69) is 11.2 Å². The van der Waals surface area contributed by atoms with Gasteiger partial charge in [-0.1, -0.05) is 36.3 Å². The van der Waals surface area contributed by atoms with E-state index in [1.165, 1.54) is 6.07 Å². The lowest BCUT2D eigenvalue weighted by Crippen LogP contribution is -2.05. The number of nitrogens with one attached hydrogen (secondary N) is 1. The summed E-state index contributed by atoms with van der Waals surface area (Å²) >= 11 is 0. The number of terminal acetylenes is 1. The molecule has 2 rings (SSSR count). The fraction of sp³-hybridized carbons (Fsp3) is 0.125. The molecule has 0 saturated carbocycles. The molecule has 0 fully saturated rings. The first-order chi connectivity index (χ1) is 10.2. The molecule has 5 nitrogen and oxygen atoms in total. The predicted molar refractivity (Wildman–Crippen MR) is 81.2 cm³/mol. The second-order valence-electron chi connectivity index (χ2n) is 4.23. The summed E-state index contributed by atoms with van der Waals surface area (Å²) in [6, 6.07) is 13.9. The van der Waals surface area contributed by atoms with Gasteiger partial charge in [0.2, 0.25) is 0 Å². The first-order valence-corrected chi connectivity index (χ1v) is 6.34. The van der Waals surface area contributed by atoms with Crippen LogP contribution < -0.4 is 10.1 Å². The van der Waals surface area contributed by atoms with Crippen LogP contribution in [0.25, 0.3) is 0 Å². The van der Waals surface area contributed by atoms with Crippen LogP contribution in [0.1, 0.15) is 5.56 Å². The number of nitrogens with zero attached hydrogens (tertiary/aromatic N) is 1. The maximum Gasteiger partial charge on any atom is 0.292 e. The van der Waals surface area contributed by atoms with E-state index in [-0.39, 0.29) is 12.3 Å². The molecule has 2 aromatic rings. The first kappa shape index (κ1) is 14.4. The van der Waals surface area contributed by atoms with Gasteiger partial charge in [0.15, 0.2) is 0 Å². The Balaban J connectivity index is 2.14. The molecule has 21 heavy (non-hydrogen) atoms. The number of rotatable bonds is 6. The number of hydrogen-bond acceptors (Lipinski definition) is 4. The Kier molecular flexibility index (Phi) is 4.78. The molecule has 0 aliphatic rings. The van der Waals surface area contributed by atoms with E-state index in [9.17, 15) is 10.1 Å². The standard InChI is InChI=1S/C16H14N2O3/c1-2-11-21-16-10-6-3-7-13(16)12-17-14-8-4-5-9-15(14)18(19)20/h1,3-10,17H,11-12H2. The number of ether oxygens (including phenoxy) is 1. The lowest BCUT2D eigenvalue weighted by molar-refractivity contribution is -0.384. The summed E-state index contributed by atoms with van der Waals surface area (Å²) in [5.41, 5.74) is 1.39. The van der Waals surface area contributed by atoms with Crippen LogP contribution in [-0.2, 0) is 6.54 Å². The van der Waals surface area contributed by atoms with Gasteiger partial charge in [-0.2, -0.15) is 0 Å². The average molecular weight is 282 g/mol. The molecule has 0 aromatic heterocycles. The molecule has 0 aliphatic carbocycles. The normalized spacial score (nSPS) is 9.67. The number of para-hydroxylation sites is 3. The zero-order valence-corrected chi connectivity index (χ0v) is 11.3. The topological polar surface area (TPSA) is 64.4 Å². The van der Waals surface area contributed by atoms with Crippen molar-refractivity contribution in [3.63, 3.8) is 0 Å². The van der Waals surface area contributed by atoms with Crippen LogP contribution in [0.5, 0.6) is 5.75 Å². The van der Waals surface area contributed by atoms with Gasteiger partial charge < -0.3 is 10.1 Å². The van der Waals surface area contributed by atoms with Gasteiger partial charge >= 0.3 is 0 Å². The summed E-state index contributed by atoms with van der Waals surface area (Å²) in [7, 11) is 0. The van der Waals surface area contributed by atoms with Crippen molar-refractivity contribution in [2.75, 3.05) is 11.9 Å². The fourth-order valence-electron chi connectivity index (χ4n) is 1.88. The molecule has 0 bridgehead atoms. The van der Waals surface area contributed by atoms with Gasteiger partial charge in [-0.3, -0.25) is 10.1 Å². The number of benzene rings is 2. The predicted octanol–water partition coefficient (Wildman–Crippen LogP) is 3.22. The zero-order chi connectivity index (χ0) is 15.1. The van der Waals surface area contributed by atoms with Gasteiger partial charge in [-0.15, -0.1) is 6.42 Å². The van der Waals surface area contributed by atoms with Gasteiger partial charge in [0.25, 0.3) is 5.69 Å². The van der Waals surface area contributed by atoms with Crippen molar-refractivity contribution in [2.45, 2.75) is 6.54 Å². The van der Waals surface area contributed by atoms with Crippen LogP contribution in [0.4, 0.5) is 11.4 Å². The van der Waals surface area contributed by atoms with Gasteiger partial charge in [0.1, 0.15) is 18.0 Å². The molecule has 0 heterocycles. The number of hydrogen-bond donors (Lipinski definition) is 1. The van der Waals surface area contributed by atoms with Gasteiger partial charge in [0, 0.05) is 18.2 Å². The molecule has 0 atom stereocenters. The summed E-state index contributed by atoms with van der Waals surface area (Å²) in [6.07, 6.45) is 5.18. The first-order valence-electron chi connectivity index (χ1n) is 6.34. The summed E-state index contributed by atoms with van der Waals surface area (Å²) < 4.78 is 5.44. The highest BCUT2D eigenvalue weighted by atomic mass is 16.6. The SMILES string of the molecule is C#CCOc1ccccc1CNc1ccccc1[N+](=O)[O-]. The van der Waals surface area contributed by atoms with Gasteiger partial charge in [-0.05, 0) is 12.1 Å². The lowest BCUT2D eigenvalue weighted by Gasteiger charge is -2.11. The minimum absolute atomic E-state index is 0.0412. The van der Waals surface area contributed by atoms with Crippen molar-refractivity contribution in [2.24, 2.45) is 0 Å². The molecule has 0 amide bonds. The lowest BCUT2D eigenvalue weighted by atomic mass is 10.2. The van der Waals surface area contributed by atoms with Gasteiger partial charge in [-0.25, -0.2) is 0 Å². The van der Waals surface area contributed by atoms with Gasteiger partial charge in [0.05, 0.1) is 4.92 Å². The summed E-state index contributed by atoms with van der Waals surface area (Å²) in [5.74, 6) is 3.08. The largest absolute Gasteiger partial charge is 0.481 e. The molecule has 2 aromatic carbocycles. The van der Waals surface area contributed by atoms with Crippen LogP contribution in [0.15, 0.2) is 48.5 Å². The second-order valence-corrected chi connectivity index (χ2v) is 4.23. The number of nitro benzene ring substituents is 1. The third-order valence-electron chi connectivity index (χ3n) is 2.85. The Morgan fingerprint density at radius 1 is 1.19 bits per heavy atom. The van der Waals surface area contributed by atoms with Crippen LogP contribution >= 0.6 is 0 Å². The Labute approximate surface area is 122 Å². The van der Waals surface area contributed by atoms with Crippen LogP contribution in [-0.4, -0.2) is 11.5 Å². The summed E-state index contributed by atoms with van der Waals surface area (Å²) in [5, 5.41) is 14.0. The highest BCUT2D eigenvalue weighted by Crippen LogP contribution is 2.25. The van der Waals surface area contributed by atoms with E-state index in [1.807, 2.05) is 24.3 Å². The Morgan fingerprint density at radius 2 is 1.90 bits per heavy atom. The van der Waals surface area contributed by atoms with E-state index in [0.717, 1.165) is 5.56 Å². The average Bonchev–Trinajstić information content (AvgIpc) is 2.52. The third kappa shape index (κ3) is 3.74. The quantitative estimate of drug-likeness (QED) is 0.502. The van der Waals surface area contributed by atoms with E-state index in [1.54, 1.807) is 18.2 Å². The molecule has 5 heteroatoms. The van der Waals surface area contributed by atoms with E-state index < -0.39 is 4.92 Å². The number of nitro groups is 1. The molecule has 0 spiro atoms. The monoisotopic (exact) mass is 282 g/mol. The van der Waals surface area contributed by atoms with Crippen molar-refractivity contribution >= 4 is 11.4 Å². The molecule has 106 valence electrons. The number of anilines is 1. The van der Waals surface area contributed by atoms with Crippen LogP contribution in [0.2, 0.25) is 0 Å². The smallest absolute Gasteiger partial charge is 0.292 e. The molecule has 0 saturated heterocycles. The van der Waals surface area contributed by atoms with E-state index in [0.29, 0.717) is 18.0 Å². The minimum atomic E-state index is -0.414. The molecule has 0 aliphatic heterocycles. The highest BCUT2D eigenvalue weighted by molar-refractivity contribution is 5.61. The Bertz CT molecular complexity index is 677. The highest BCUT2D eigenvalue weighted by Gasteiger charge is 2.12. The molecular formula is C16H14N2O3. The zero-order valence-electron chi connectivity index (χ0n) is 11.3. The van der Waals surface area contributed by atoms with Crippen molar-refractivity contribution in [1.29, 1.82) is 0 Å². The second kappa shape index (κ2) is 6.96.